The molecule has 1 atom stereocenters. The van der Waals surface area contributed by atoms with Gasteiger partial charge in [-0.1, -0.05) is 33.5 Å². The number of nitrogens with one attached hydrogen (secondary N) is 1. The quantitative estimate of drug-likeness (QED) is 0.600. The lowest BCUT2D eigenvalue weighted by atomic mass is 10.3. The van der Waals surface area contributed by atoms with Gasteiger partial charge in [-0.3, -0.25) is 0 Å². The molecule has 0 radical (unpaired) electrons. The van der Waals surface area contributed by atoms with Crippen LogP contribution in [0, 0.1) is 0 Å². The van der Waals surface area contributed by atoms with Gasteiger partial charge in [0.05, 0.1) is 0 Å². The van der Waals surface area contributed by atoms with Gasteiger partial charge in [-0.25, -0.2) is 0 Å². The van der Waals surface area contributed by atoms with E-state index in [1.165, 1.54) is 6.42 Å². The van der Waals surface area contributed by atoms with E-state index in [4.69, 9.17) is 0 Å². The molecule has 0 fully saturated rings. The van der Waals surface area contributed by atoms with Gasteiger partial charge < -0.3 is 4.98 Å². The molecule has 2 heteroatoms. The molecule has 1 nitrogen and oxygen atoms in total. The molecule has 0 aromatic carbocycles. The van der Waals surface area contributed by atoms with Crippen molar-refractivity contribution in [3.8, 4) is 0 Å². The summed E-state index contributed by atoms with van der Waals surface area (Å²) in [5.74, 6) is 0. The summed E-state index contributed by atoms with van der Waals surface area (Å²) < 4.78 is 0. The molecule has 0 amide bonds. The first-order valence-electron chi connectivity index (χ1n) is 3.73. The van der Waals surface area contributed by atoms with Crippen molar-refractivity contribution in [1.29, 1.82) is 0 Å². The van der Waals surface area contributed by atoms with Gasteiger partial charge in [0.15, 0.2) is 0 Å². The molecule has 0 spiro atoms. The monoisotopic (exact) mass is 145 g/mol. The van der Waals surface area contributed by atoms with E-state index in [2.05, 4.69) is 38.5 Å². The van der Waals surface area contributed by atoms with Crippen LogP contribution in [0.25, 0.3) is 0 Å². The fourth-order valence-electron chi connectivity index (χ4n) is 0.841. The molecule has 0 bridgehead atoms. The summed E-state index contributed by atoms with van der Waals surface area (Å²) in [6, 6.07) is 0.705. The van der Waals surface area contributed by atoms with Crippen LogP contribution in [0.3, 0.4) is 0 Å². The van der Waals surface area contributed by atoms with Crippen molar-refractivity contribution in [2.75, 3.05) is 0 Å². The highest BCUT2D eigenvalue weighted by Gasteiger charge is 2.14. The number of rotatable bonds is 3. The lowest BCUT2D eigenvalue weighted by molar-refractivity contribution is 0.643. The van der Waals surface area contributed by atoms with Gasteiger partial charge in [-0.05, 0) is 12.5 Å². The van der Waals surface area contributed by atoms with Crippen molar-refractivity contribution in [2.24, 2.45) is 0 Å². The van der Waals surface area contributed by atoms with Crippen LogP contribution in [-0.4, -0.2) is 14.3 Å². The smallest absolute Gasteiger partial charge is 0.116 e. The molecule has 0 aliphatic carbocycles. The maximum absolute atomic E-state index is 3.61. The highest BCUT2D eigenvalue weighted by atomic mass is 28.3. The summed E-state index contributed by atoms with van der Waals surface area (Å²) in [6.07, 6.45) is 1.24. The molecule has 0 rings (SSSR count). The SMILES string of the molecule is CC[C@@H](C)N[Si](C)(C)C. The number of hydrogen-bond acceptors (Lipinski definition) is 1. The minimum absolute atomic E-state index is 0.705. The molecule has 0 aliphatic rings. The van der Waals surface area contributed by atoms with Crippen LogP contribution in [-0.2, 0) is 0 Å². The summed E-state index contributed by atoms with van der Waals surface area (Å²) in [5, 5.41) is 0. The largest absolute Gasteiger partial charge is 0.335 e. The summed E-state index contributed by atoms with van der Waals surface area (Å²) in [4.78, 5) is 3.61. The topological polar surface area (TPSA) is 12.0 Å². The van der Waals surface area contributed by atoms with E-state index in [-0.39, 0.29) is 0 Å². The van der Waals surface area contributed by atoms with Crippen molar-refractivity contribution in [3.05, 3.63) is 0 Å². The Labute approximate surface area is 59.9 Å². The van der Waals surface area contributed by atoms with Crippen LogP contribution in [0.5, 0.6) is 0 Å². The van der Waals surface area contributed by atoms with Crippen molar-refractivity contribution in [3.63, 3.8) is 0 Å². The second-order valence-electron chi connectivity index (χ2n) is 3.70. The average Bonchev–Trinajstić information content (AvgIpc) is 1.62. The van der Waals surface area contributed by atoms with Crippen LogP contribution >= 0.6 is 0 Å². The highest BCUT2D eigenvalue weighted by molar-refractivity contribution is 6.73. The first-order valence-corrected chi connectivity index (χ1v) is 7.23. The lowest BCUT2D eigenvalue weighted by Gasteiger charge is -2.22. The molecule has 0 aliphatic heterocycles. The third-order valence-corrected chi connectivity index (χ3v) is 2.65. The predicted molar refractivity (Wildman–Crippen MR) is 46.2 cm³/mol. The van der Waals surface area contributed by atoms with E-state index in [0.717, 1.165) is 0 Å². The zero-order chi connectivity index (χ0) is 7.49. The van der Waals surface area contributed by atoms with Crippen LogP contribution < -0.4 is 4.98 Å². The third-order valence-electron chi connectivity index (χ3n) is 1.29. The van der Waals surface area contributed by atoms with Crippen molar-refractivity contribution >= 4 is 8.24 Å². The summed E-state index contributed by atoms with van der Waals surface area (Å²) in [6.45, 7) is 11.5. The average molecular weight is 145 g/mol. The van der Waals surface area contributed by atoms with Gasteiger partial charge in [0.2, 0.25) is 0 Å². The first kappa shape index (κ1) is 9.18. The Morgan fingerprint density at radius 1 is 1.33 bits per heavy atom. The molecule has 1 N–H and O–H groups in total. The number of hydrogen-bond donors (Lipinski definition) is 1. The van der Waals surface area contributed by atoms with E-state index < -0.39 is 8.24 Å². The molecule has 0 saturated carbocycles. The van der Waals surface area contributed by atoms with E-state index in [9.17, 15) is 0 Å². The van der Waals surface area contributed by atoms with Crippen molar-refractivity contribution in [2.45, 2.75) is 46.0 Å². The molecule has 0 aromatic heterocycles. The standard InChI is InChI=1S/C7H19NSi/c1-6-7(2)8-9(3,4)5/h7-8H,6H2,1-5H3/t7-/m1/s1. The predicted octanol–water partition coefficient (Wildman–Crippen LogP) is 2.21. The Balaban J connectivity index is 3.47. The van der Waals surface area contributed by atoms with E-state index >= 15 is 0 Å². The third kappa shape index (κ3) is 6.06. The molecule has 0 saturated heterocycles. The van der Waals surface area contributed by atoms with Gasteiger partial charge in [0, 0.05) is 0 Å². The van der Waals surface area contributed by atoms with Crippen LogP contribution in [0.1, 0.15) is 20.3 Å². The van der Waals surface area contributed by atoms with E-state index in [0.29, 0.717) is 6.04 Å². The van der Waals surface area contributed by atoms with Crippen LogP contribution in [0.2, 0.25) is 19.6 Å². The second-order valence-corrected chi connectivity index (χ2v) is 8.49. The first-order chi connectivity index (χ1) is 3.95. The summed E-state index contributed by atoms with van der Waals surface area (Å²) >= 11 is 0. The Morgan fingerprint density at radius 3 is 1.89 bits per heavy atom. The van der Waals surface area contributed by atoms with Gasteiger partial charge in [-0.15, -0.1) is 0 Å². The fraction of sp³-hybridized carbons (Fsp3) is 1.00. The maximum atomic E-state index is 3.61. The summed E-state index contributed by atoms with van der Waals surface area (Å²) in [5.41, 5.74) is 0. The van der Waals surface area contributed by atoms with Crippen molar-refractivity contribution in [1.82, 2.24) is 4.98 Å². The van der Waals surface area contributed by atoms with Gasteiger partial charge in [-0.2, -0.15) is 0 Å². The Hall–Kier alpha value is 0.177. The normalized spacial score (nSPS) is 15.7. The fourth-order valence-corrected chi connectivity index (χ4v) is 2.52. The maximum Gasteiger partial charge on any atom is 0.116 e. The molecule has 9 heavy (non-hydrogen) atoms. The Bertz CT molecular complexity index is 75.5. The second kappa shape index (κ2) is 3.37. The summed E-state index contributed by atoms with van der Waals surface area (Å²) in [7, 11) is -0.991. The van der Waals surface area contributed by atoms with Crippen molar-refractivity contribution < 1.29 is 0 Å². The molecule has 0 heterocycles. The van der Waals surface area contributed by atoms with Gasteiger partial charge in [0.25, 0.3) is 0 Å². The van der Waals surface area contributed by atoms with Gasteiger partial charge in [0.1, 0.15) is 8.24 Å². The van der Waals surface area contributed by atoms with Crippen LogP contribution in [0.15, 0.2) is 0 Å². The zero-order valence-corrected chi connectivity index (χ0v) is 8.28. The van der Waals surface area contributed by atoms with E-state index in [1.807, 2.05) is 0 Å². The minimum Gasteiger partial charge on any atom is -0.335 e. The Kier molecular flexibility index (Phi) is 3.44. The van der Waals surface area contributed by atoms with Gasteiger partial charge >= 0.3 is 0 Å². The molecule has 0 aromatic rings. The minimum atomic E-state index is -0.991. The molecule has 56 valence electrons. The Morgan fingerprint density at radius 2 is 1.78 bits per heavy atom. The van der Waals surface area contributed by atoms with E-state index in [1.54, 1.807) is 0 Å². The lowest BCUT2D eigenvalue weighted by Crippen LogP contribution is -2.46. The molecular weight excluding hydrogens is 126 g/mol. The van der Waals surface area contributed by atoms with Crippen LogP contribution in [0.4, 0.5) is 0 Å². The zero-order valence-electron chi connectivity index (χ0n) is 7.28. The molecule has 0 unspecified atom stereocenters. The molecular formula is C7H19NSi. The highest BCUT2D eigenvalue weighted by Crippen LogP contribution is 1.98.